The van der Waals surface area contributed by atoms with Crippen LogP contribution in [0.25, 0.3) is 0 Å². The molecule has 0 bridgehead atoms. The molecule has 0 spiro atoms. The predicted octanol–water partition coefficient (Wildman–Crippen LogP) is 1.74. The zero-order chi connectivity index (χ0) is 16.1. The van der Waals surface area contributed by atoms with Crippen LogP contribution in [0, 0.1) is 0 Å². The minimum Gasteiger partial charge on any atom is -0.349 e. The van der Waals surface area contributed by atoms with E-state index in [9.17, 15) is 4.79 Å². The van der Waals surface area contributed by atoms with Crippen molar-refractivity contribution in [1.29, 1.82) is 0 Å². The van der Waals surface area contributed by atoms with Gasteiger partial charge in [-0.1, -0.05) is 12.8 Å². The van der Waals surface area contributed by atoms with Crippen LogP contribution in [0.5, 0.6) is 0 Å². The van der Waals surface area contributed by atoms with E-state index in [1.165, 1.54) is 48.5 Å². The van der Waals surface area contributed by atoms with Gasteiger partial charge in [0.25, 0.3) is 5.91 Å². The molecule has 2 fully saturated rings. The van der Waals surface area contributed by atoms with E-state index in [0.29, 0.717) is 12.2 Å². The Bertz CT molecular complexity index is 522. The third-order valence-electron chi connectivity index (χ3n) is 4.94. The summed E-state index contributed by atoms with van der Waals surface area (Å²) in [5, 5.41) is 5.95. The molecule has 3 N–H and O–H groups in total. The number of thioether (sulfide) groups is 1. The second-order valence-corrected chi connectivity index (χ2v) is 8.55. The third-order valence-corrected chi connectivity index (χ3v) is 6.79. The fourth-order valence-corrected chi connectivity index (χ4v) is 5.36. The van der Waals surface area contributed by atoms with E-state index in [0.717, 1.165) is 31.1 Å². The van der Waals surface area contributed by atoms with Crippen LogP contribution in [-0.4, -0.2) is 59.0 Å². The van der Waals surface area contributed by atoms with E-state index in [1.54, 1.807) is 0 Å². The first-order valence-electron chi connectivity index (χ1n) is 8.49. The lowest BCUT2D eigenvalue weighted by atomic mass is 9.94. The van der Waals surface area contributed by atoms with Crippen molar-refractivity contribution in [2.45, 2.75) is 37.6 Å². The summed E-state index contributed by atoms with van der Waals surface area (Å²) in [5.74, 6) is 2.39. The van der Waals surface area contributed by atoms with Crippen LogP contribution in [0.3, 0.4) is 0 Å². The number of nitrogens with zero attached hydrogens (tertiary/aromatic N) is 2. The van der Waals surface area contributed by atoms with Crippen molar-refractivity contribution in [1.82, 2.24) is 15.2 Å². The molecule has 1 aliphatic heterocycles. The average molecular weight is 355 g/mol. The zero-order valence-electron chi connectivity index (χ0n) is 13.6. The summed E-state index contributed by atoms with van der Waals surface area (Å²) in [5.41, 5.74) is 6.26. The Morgan fingerprint density at radius 1 is 1.35 bits per heavy atom. The summed E-state index contributed by atoms with van der Waals surface area (Å²) in [4.78, 5) is 19.4. The van der Waals surface area contributed by atoms with Crippen molar-refractivity contribution in [3.63, 3.8) is 0 Å². The van der Waals surface area contributed by atoms with Crippen molar-refractivity contribution < 1.29 is 4.79 Å². The lowest BCUT2D eigenvalue weighted by molar-refractivity contribution is 0.0814. The molecule has 0 atom stereocenters. The minimum absolute atomic E-state index is 0.0396. The third kappa shape index (κ3) is 4.07. The van der Waals surface area contributed by atoms with Gasteiger partial charge in [-0.05, 0) is 19.4 Å². The summed E-state index contributed by atoms with van der Waals surface area (Å²) in [6, 6.07) is 0. The second-order valence-electron chi connectivity index (χ2n) is 6.38. The highest BCUT2D eigenvalue weighted by Gasteiger charge is 2.40. The lowest BCUT2D eigenvalue weighted by Gasteiger charge is -2.43. The number of thiazole rings is 1. The molecule has 0 unspecified atom stereocenters. The Morgan fingerprint density at radius 3 is 2.78 bits per heavy atom. The predicted molar refractivity (Wildman–Crippen MR) is 97.3 cm³/mol. The van der Waals surface area contributed by atoms with E-state index in [4.69, 9.17) is 5.73 Å². The van der Waals surface area contributed by atoms with Crippen molar-refractivity contribution >= 4 is 29.0 Å². The molecule has 1 aromatic rings. The smallest absolute Gasteiger partial charge is 0.270 e. The van der Waals surface area contributed by atoms with Gasteiger partial charge in [0.2, 0.25) is 0 Å². The Morgan fingerprint density at radius 2 is 2.09 bits per heavy atom. The van der Waals surface area contributed by atoms with Crippen LogP contribution in [0.4, 0.5) is 0 Å². The molecule has 1 aromatic heterocycles. The quantitative estimate of drug-likeness (QED) is 0.814. The molecule has 0 radical (unpaired) electrons. The number of carbonyl (C=O) groups excluding carboxylic acids is 1. The molecule has 1 aliphatic carbocycles. The van der Waals surface area contributed by atoms with E-state index in [2.05, 4.69) is 15.2 Å². The van der Waals surface area contributed by atoms with E-state index < -0.39 is 0 Å². The molecule has 7 heteroatoms. The molecule has 1 saturated carbocycles. The monoisotopic (exact) mass is 354 g/mol. The number of hydrogen-bond donors (Lipinski definition) is 2. The number of hydrogen-bond acceptors (Lipinski definition) is 6. The largest absolute Gasteiger partial charge is 0.349 e. The van der Waals surface area contributed by atoms with Crippen LogP contribution in [0.15, 0.2) is 5.38 Å². The molecule has 23 heavy (non-hydrogen) atoms. The lowest BCUT2D eigenvalue weighted by Crippen LogP contribution is -2.56. The van der Waals surface area contributed by atoms with Gasteiger partial charge >= 0.3 is 0 Å². The highest BCUT2D eigenvalue weighted by molar-refractivity contribution is 7.99. The summed E-state index contributed by atoms with van der Waals surface area (Å²) in [7, 11) is 0. The molecule has 2 heterocycles. The van der Waals surface area contributed by atoms with E-state index >= 15 is 0 Å². The highest BCUT2D eigenvalue weighted by Crippen LogP contribution is 2.36. The topological polar surface area (TPSA) is 71.2 Å². The number of carbonyl (C=O) groups is 1. The van der Waals surface area contributed by atoms with E-state index in [-0.39, 0.29) is 11.4 Å². The molecule has 5 nitrogen and oxygen atoms in total. The summed E-state index contributed by atoms with van der Waals surface area (Å²) in [6.07, 6.45) is 5.70. The maximum atomic E-state index is 12.4. The molecular formula is C16H26N4OS2. The Kier molecular flexibility index (Phi) is 5.96. The van der Waals surface area contributed by atoms with Gasteiger partial charge in [0.05, 0.1) is 5.01 Å². The number of nitrogens with two attached hydrogens (primary N) is 1. The molecular weight excluding hydrogens is 328 g/mol. The highest BCUT2D eigenvalue weighted by atomic mass is 32.2. The molecule has 128 valence electrons. The fourth-order valence-electron chi connectivity index (χ4n) is 3.66. The average Bonchev–Trinajstić information content (AvgIpc) is 3.24. The molecule has 2 aliphatic rings. The van der Waals surface area contributed by atoms with Crippen LogP contribution in [0.2, 0.25) is 0 Å². The van der Waals surface area contributed by atoms with Gasteiger partial charge in [-0.2, -0.15) is 11.8 Å². The van der Waals surface area contributed by atoms with Gasteiger partial charge in [-0.3, -0.25) is 9.69 Å². The molecule has 1 saturated heterocycles. The van der Waals surface area contributed by atoms with Gasteiger partial charge < -0.3 is 11.1 Å². The number of rotatable bonds is 6. The standard InChI is InChI=1S/C16H26N4OS2/c17-6-3-14-19-13(11-23-14)15(21)18-12-16(4-1-2-5-16)20-7-9-22-10-8-20/h11H,1-10,12,17H2,(H,18,21). The van der Waals surface area contributed by atoms with Gasteiger partial charge in [-0.15, -0.1) is 11.3 Å². The van der Waals surface area contributed by atoms with Crippen molar-refractivity contribution in [3.8, 4) is 0 Å². The maximum Gasteiger partial charge on any atom is 0.270 e. The molecule has 1 amide bonds. The fraction of sp³-hybridized carbons (Fsp3) is 0.750. The molecule has 3 rings (SSSR count). The summed E-state index contributed by atoms with van der Waals surface area (Å²) >= 11 is 3.56. The van der Waals surface area contributed by atoms with Crippen LogP contribution < -0.4 is 11.1 Å². The van der Waals surface area contributed by atoms with Gasteiger partial charge in [-0.25, -0.2) is 4.98 Å². The van der Waals surface area contributed by atoms with Gasteiger partial charge in [0.15, 0.2) is 0 Å². The van der Waals surface area contributed by atoms with Crippen LogP contribution in [0.1, 0.15) is 41.2 Å². The summed E-state index contributed by atoms with van der Waals surface area (Å²) < 4.78 is 0. The Balaban J connectivity index is 1.60. The second kappa shape index (κ2) is 7.96. The SMILES string of the molecule is NCCc1nc(C(=O)NCC2(N3CCSCC3)CCCC2)cs1. The normalized spacial score (nSPS) is 21.4. The van der Waals surface area contributed by atoms with Crippen molar-refractivity contribution in [3.05, 3.63) is 16.1 Å². The zero-order valence-corrected chi connectivity index (χ0v) is 15.2. The minimum atomic E-state index is -0.0396. The first-order chi connectivity index (χ1) is 11.2. The Labute approximate surface area is 146 Å². The van der Waals surface area contributed by atoms with Crippen molar-refractivity contribution in [2.24, 2.45) is 5.73 Å². The van der Waals surface area contributed by atoms with Crippen molar-refractivity contribution in [2.75, 3.05) is 37.7 Å². The number of amides is 1. The first-order valence-corrected chi connectivity index (χ1v) is 10.5. The number of aromatic nitrogens is 1. The number of nitrogens with one attached hydrogen (secondary N) is 1. The first kappa shape index (κ1) is 17.2. The van der Waals surface area contributed by atoms with Crippen LogP contribution in [-0.2, 0) is 6.42 Å². The maximum absolute atomic E-state index is 12.4. The van der Waals surface area contributed by atoms with Gasteiger partial charge in [0.1, 0.15) is 5.69 Å². The van der Waals surface area contributed by atoms with E-state index in [1.807, 2.05) is 17.1 Å². The Hall–Kier alpha value is -0.630. The van der Waals surface area contributed by atoms with Gasteiger partial charge in [0, 0.05) is 48.5 Å². The summed E-state index contributed by atoms with van der Waals surface area (Å²) in [6.45, 7) is 3.63. The van der Waals surface area contributed by atoms with Crippen LogP contribution >= 0.6 is 23.1 Å². The molecule has 0 aromatic carbocycles.